The Morgan fingerprint density at radius 3 is 2.58 bits per heavy atom. The molecular weight excluding hydrogens is 468 g/mol. The van der Waals surface area contributed by atoms with E-state index in [-0.39, 0.29) is 23.1 Å². The van der Waals surface area contributed by atoms with Crippen LogP contribution >= 0.6 is 0 Å². The Hall–Kier alpha value is -2.17. The molecule has 1 aliphatic carbocycles. The number of unbranched alkanes of at least 4 members (excludes halogenated alkanes) is 1. The molecule has 200 valence electrons. The molecule has 5 N–H and O–H groups in total. The number of benzene rings is 1. The first-order valence-electron chi connectivity index (χ1n) is 12.8. The van der Waals surface area contributed by atoms with Gasteiger partial charge in [0.15, 0.2) is 6.29 Å². The van der Waals surface area contributed by atoms with Gasteiger partial charge in [-0.3, -0.25) is 0 Å². The van der Waals surface area contributed by atoms with Crippen LogP contribution in [-0.4, -0.2) is 68.5 Å². The number of carboxylic acids is 1. The number of allylic oxidation sites excluding steroid dienone is 2. The summed E-state index contributed by atoms with van der Waals surface area (Å²) < 4.78 is 18.1. The monoisotopic (exact) mass is 506 g/mol. The second-order valence-corrected chi connectivity index (χ2v) is 10.8. The van der Waals surface area contributed by atoms with Crippen LogP contribution in [-0.2, 0) is 11.2 Å². The van der Waals surface area contributed by atoms with Gasteiger partial charge >= 0.3 is 5.97 Å². The van der Waals surface area contributed by atoms with Gasteiger partial charge < -0.3 is 39.7 Å². The Labute approximate surface area is 211 Å². The quantitative estimate of drug-likeness (QED) is 0.352. The molecule has 0 spiro atoms. The normalized spacial score (nSPS) is 33.1. The van der Waals surface area contributed by atoms with E-state index in [1.807, 2.05) is 27.7 Å². The first-order valence-corrected chi connectivity index (χ1v) is 12.8. The molecule has 0 saturated carbocycles. The average molecular weight is 507 g/mol. The fraction of sp³-hybridized carbons (Fsp3) is 0.667. The van der Waals surface area contributed by atoms with Crippen molar-refractivity contribution in [2.75, 3.05) is 6.61 Å². The van der Waals surface area contributed by atoms with Gasteiger partial charge in [-0.25, -0.2) is 4.79 Å². The number of hydrogen-bond acceptors (Lipinski definition) is 8. The summed E-state index contributed by atoms with van der Waals surface area (Å²) in [7, 11) is 0. The van der Waals surface area contributed by atoms with Crippen molar-refractivity contribution in [3.05, 3.63) is 34.4 Å². The summed E-state index contributed by atoms with van der Waals surface area (Å²) >= 11 is 0. The van der Waals surface area contributed by atoms with Gasteiger partial charge in [0.2, 0.25) is 6.29 Å². The third-order valence-corrected chi connectivity index (χ3v) is 7.87. The highest BCUT2D eigenvalue weighted by atomic mass is 16.7. The molecule has 9 nitrogen and oxygen atoms in total. The molecule has 2 unspecified atom stereocenters. The molecule has 1 aromatic rings. The molecule has 9 heteroatoms. The number of aryl methyl sites for hydroxylation is 1. The SMILES string of the molecule is CCCCc1cc2c(c(O[C@H]3O[C@H](O)[C@@H](O)[C@H](O)[C@H]3CO)c1C(=O)O)C1C=C(C)CCC1C(C)(C)O2. The van der Waals surface area contributed by atoms with Crippen LogP contribution in [0.2, 0.25) is 0 Å². The maximum atomic E-state index is 12.7. The van der Waals surface area contributed by atoms with E-state index in [0.29, 0.717) is 23.3 Å². The van der Waals surface area contributed by atoms with Gasteiger partial charge in [0, 0.05) is 17.4 Å². The van der Waals surface area contributed by atoms with Crippen LogP contribution in [0.15, 0.2) is 17.7 Å². The Morgan fingerprint density at radius 2 is 1.94 bits per heavy atom. The highest BCUT2D eigenvalue weighted by Crippen LogP contribution is 2.55. The van der Waals surface area contributed by atoms with E-state index in [1.165, 1.54) is 5.57 Å². The summed E-state index contributed by atoms with van der Waals surface area (Å²) in [5.74, 6) is -1.80. The molecule has 0 aromatic heterocycles. The number of carboxylic acid groups (broad SMARTS) is 1. The topological polar surface area (TPSA) is 146 Å². The standard InChI is InChI=1S/C27H38O9/c1-5-6-7-14-11-18-20(15-10-13(2)8-9-17(15)27(3,4)36-18)23(19(14)24(31)32)34-26-16(12-28)21(29)22(30)25(33)35-26/h10-11,15-17,21-22,25-26,28-30,33H,5-9,12H2,1-4H3,(H,31,32)/t15?,16-,17?,21-,22+,25+,26+/m1/s1. The molecule has 0 bridgehead atoms. The lowest BCUT2D eigenvalue weighted by Gasteiger charge is -2.47. The first-order chi connectivity index (χ1) is 17.0. The zero-order valence-electron chi connectivity index (χ0n) is 21.3. The van der Waals surface area contributed by atoms with Crippen LogP contribution in [0.25, 0.3) is 0 Å². The maximum Gasteiger partial charge on any atom is 0.339 e. The fourth-order valence-corrected chi connectivity index (χ4v) is 5.84. The number of ether oxygens (including phenoxy) is 3. The van der Waals surface area contributed by atoms with Crippen LogP contribution in [0.1, 0.15) is 80.8 Å². The van der Waals surface area contributed by atoms with Crippen LogP contribution in [0.4, 0.5) is 0 Å². The van der Waals surface area contributed by atoms with Crippen molar-refractivity contribution in [2.45, 2.75) is 96.1 Å². The van der Waals surface area contributed by atoms with Crippen molar-refractivity contribution in [2.24, 2.45) is 11.8 Å². The van der Waals surface area contributed by atoms with Gasteiger partial charge in [-0.2, -0.15) is 0 Å². The lowest BCUT2D eigenvalue weighted by Crippen LogP contribution is -2.57. The Morgan fingerprint density at radius 1 is 1.22 bits per heavy atom. The molecular formula is C27H38O9. The number of aliphatic hydroxyl groups excluding tert-OH is 4. The van der Waals surface area contributed by atoms with Crippen molar-refractivity contribution in [1.29, 1.82) is 0 Å². The number of aromatic carboxylic acids is 1. The molecule has 3 aliphatic rings. The fourth-order valence-electron chi connectivity index (χ4n) is 5.84. The Bertz CT molecular complexity index is 1020. The van der Waals surface area contributed by atoms with Gasteiger partial charge in [-0.15, -0.1) is 0 Å². The summed E-state index contributed by atoms with van der Waals surface area (Å²) in [6.45, 7) is 7.54. The molecule has 1 aromatic carbocycles. The number of hydrogen-bond donors (Lipinski definition) is 5. The minimum Gasteiger partial charge on any atom is -0.487 e. The molecule has 2 aliphatic heterocycles. The predicted molar refractivity (Wildman–Crippen MR) is 130 cm³/mol. The van der Waals surface area contributed by atoms with Gasteiger partial charge in [-0.05, 0) is 58.1 Å². The Balaban J connectivity index is 1.92. The zero-order chi connectivity index (χ0) is 26.4. The van der Waals surface area contributed by atoms with Gasteiger partial charge in [0.1, 0.15) is 28.8 Å². The van der Waals surface area contributed by atoms with Crippen molar-refractivity contribution in [1.82, 2.24) is 0 Å². The van der Waals surface area contributed by atoms with E-state index >= 15 is 0 Å². The van der Waals surface area contributed by atoms with E-state index in [0.717, 1.165) is 25.7 Å². The van der Waals surface area contributed by atoms with Crippen molar-refractivity contribution < 1.29 is 44.5 Å². The smallest absolute Gasteiger partial charge is 0.339 e. The van der Waals surface area contributed by atoms with Gasteiger partial charge in [-0.1, -0.05) is 25.0 Å². The van der Waals surface area contributed by atoms with E-state index < -0.39 is 48.9 Å². The third-order valence-electron chi connectivity index (χ3n) is 7.87. The first kappa shape index (κ1) is 26.9. The van der Waals surface area contributed by atoms with E-state index in [2.05, 4.69) is 6.08 Å². The van der Waals surface area contributed by atoms with Crippen LogP contribution in [0.5, 0.6) is 11.5 Å². The van der Waals surface area contributed by atoms with Crippen LogP contribution < -0.4 is 9.47 Å². The molecule has 36 heavy (non-hydrogen) atoms. The second kappa shape index (κ2) is 10.3. The lowest BCUT2D eigenvalue weighted by atomic mass is 9.67. The lowest BCUT2D eigenvalue weighted by molar-refractivity contribution is -0.313. The highest BCUT2D eigenvalue weighted by molar-refractivity contribution is 5.94. The minimum absolute atomic E-state index is 0.0173. The second-order valence-electron chi connectivity index (χ2n) is 10.8. The van der Waals surface area contributed by atoms with Crippen molar-refractivity contribution in [3.63, 3.8) is 0 Å². The van der Waals surface area contributed by atoms with Crippen molar-refractivity contribution >= 4 is 5.97 Å². The molecule has 1 fully saturated rings. The minimum atomic E-state index is -1.76. The molecule has 0 amide bonds. The van der Waals surface area contributed by atoms with E-state index in [4.69, 9.17) is 14.2 Å². The number of carbonyl (C=O) groups is 1. The summed E-state index contributed by atoms with van der Waals surface area (Å²) in [5.41, 5.74) is 1.82. The molecule has 4 rings (SSSR count). The summed E-state index contributed by atoms with van der Waals surface area (Å²) in [4.78, 5) is 12.7. The van der Waals surface area contributed by atoms with Gasteiger partial charge in [0.05, 0.1) is 18.6 Å². The van der Waals surface area contributed by atoms with Gasteiger partial charge in [0.25, 0.3) is 0 Å². The third kappa shape index (κ3) is 4.75. The Kier molecular flexibility index (Phi) is 7.69. The van der Waals surface area contributed by atoms with Crippen molar-refractivity contribution in [3.8, 4) is 11.5 Å². The average Bonchev–Trinajstić information content (AvgIpc) is 2.80. The number of rotatable bonds is 7. The maximum absolute atomic E-state index is 12.7. The van der Waals surface area contributed by atoms with E-state index in [9.17, 15) is 30.3 Å². The zero-order valence-corrected chi connectivity index (χ0v) is 21.3. The summed E-state index contributed by atoms with van der Waals surface area (Å²) in [6, 6.07) is 1.80. The molecule has 0 radical (unpaired) electrons. The van der Waals surface area contributed by atoms with Crippen LogP contribution in [0, 0.1) is 11.8 Å². The predicted octanol–water partition coefficient (Wildman–Crippen LogP) is 2.72. The molecule has 1 saturated heterocycles. The summed E-state index contributed by atoms with van der Waals surface area (Å²) in [5, 5.41) is 50.9. The number of aliphatic hydroxyl groups is 4. The number of fused-ring (bicyclic) bond motifs is 3. The highest BCUT2D eigenvalue weighted by Gasteiger charge is 2.49. The van der Waals surface area contributed by atoms with E-state index in [1.54, 1.807) is 6.07 Å². The summed E-state index contributed by atoms with van der Waals surface area (Å²) in [6.07, 6.45) is -0.299. The molecule has 7 atom stereocenters. The largest absolute Gasteiger partial charge is 0.487 e. The molecule has 2 heterocycles. The van der Waals surface area contributed by atoms with Crippen LogP contribution in [0.3, 0.4) is 0 Å².